The zero-order valence-electron chi connectivity index (χ0n) is 13.5. The van der Waals surface area contributed by atoms with Gasteiger partial charge in [-0.1, -0.05) is 17.7 Å². The number of ether oxygens (including phenoxy) is 2. The largest absolute Gasteiger partial charge is 0.417 e. The van der Waals surface area contributed by atoms with Crippen LogP contribution in [0.4, 0.5) is 18.9 Å². The lowest BCUT2D eigenvalue weighted by Gasteiger charge is -2.21. The Labute approximate surface area is 154 Å². The monoisotopic (exact) mass is 394 g/mol. The van der Waals surface area contributed by atoms with Gasteiger partial charge in [-0.15, -0.1) is 6.58 Å². The molecule has 0 radical (unpaired) electrons. The van der Waals surface area contributed by atoms with Crippen molar-refractivity contribution < 1.29 is 22.6 Å². The van der Waals surface area contributed by atoms with Crippen molar-refractivity contribution >= 4 is 34.6 Å². The van der Waals surface area contributed by atoms with E-state index in [0.29, 0.717) is 19.6 Å². The Bertz CT molecular complexity index is 657. The Kier molecular flexibility index (Phi) is 6.31. The first-order valence-corrected chi connectivity index (χ1v) is 8.26. The summed E-state index contributed by atoms with van der Waals surface area (Å²) in [4.78, 5) is 0. The van der Waals surface area contributed by atoms with Crippen LogP contribution >= 0.6 is 23.8 Å². The van der Waals surface area contributed by atoms with Crippen molar-refractivity contribution in [3.8, 4) is 0 Å². The lowest BCUT2D eigenvalue weighted by Crippen LogP contribution is -2.37. The Morgan fingerprint density at radius 1 is 1.52 bits per heavy atom. The smallest absolute Gasteiger partial charge is 0.360 e. The Morgan fingerprint density at radius 2 is 2.24 bits per heavy atom. The third-order valence-electron chi connectivity index (χ3n) is 3.53. The first kappa shape index (κ1) is 20.0. The average molecular weight is 395 g/mol. The molecule has 2 unspecified atom stereocenters. The molecule has 2 rings (SSSR count). The predicted molar refractivity (Wildman–Crippen MR) is 94.7 cm³/mol. The first-order valence-electron chi connectivity index (χ1n) is 7.47. The second-order valence-electron chi connectivity index (χ2n) is 5.70. The van der Waals surface area contributed by atoms with Crippen LogP contribution in [-0.2, 0) is 15.7 Å². The van der Waals surface area contributed by atoms with Gasteiger partial charge in [0.25, 0.3) is 0 Å². The molecule has 0 aliphatic carbocycles. The molecule has 138 valence electrons. The first-order chi connectivity index (χ1) is 11.6. The standard InChI is InChI=1S/C16H18ClF3N2O2S/c1-3-6-15(2)23-9-11(24-15)8-21-14(25)22-10-4-5-13(17)12(7-10)16(18,19)20/h3-5,7,11H,1,6,8-9H2,2H3,(H2,21,22,25). The fourth-order valence-electron chi connectivity index (χ4n) is 2.36. The molecule has 1 aliphatic rings. The van der Waals surface area contributed by atoms with E-state index in [-0.39, 0.29) is 21.9 Å². The summed E-state index contributed by atoms with van der Waals surface area (Å²) >= 11 is 10.7. The second-order valence-corrected chi connectivity index (χ2v) is 6.52. The van der Waals surface area contributed by atoms with Crippen LogP contribution in [0.2, 0.25) is 5.02 Å². The molecule has 1 saturated heterocycles. The van der Waals surface area contributed by atoms with Gasteiger partial charge in [0.1, 0.15) is 6.10 Å². The summed E-state index contributed by atoms with van der Waals surface area (Å²) in [5.41, 5.74) is -0.732. The lowest BCUT2D eigenvalue weighted by molar-refractivity contribution is -0.149. The summed E-state index contributed by atoms with van der Waals surface area (Å²) in [7, 11) is 0. The molecule has 0 aromatic heterocycles. The van der Waals surface area contributed by atoms with Gasteiger partial charge in [-0.05, 0) is 37.3 Å². The van der Waals surface area contributed by atoms with E-state index in [2.05, 4.69) is 17.2 Å². The third-order valence-corrected chi connectivity index (χ3v) is 4.10. The highest BCUT2D eigenvalue weighted by atomic mass is 35.5. The van der Waals surface area contributed by atoms with Crippen LogP contribution in [0.15, 0.2) is 30.9 Å². The Hall–Kier alpha value is -1.35. The number of benzene rings is 1. The van der Waals surface area contributed by atoms with Gasteiger partial charge in [0.15, 0.2) is 10.9 Å². The number of hydrogen-bond acceptors (Lipinski definition) is 3. The maximum atomic E-state index is 12.9. The van der Waals surface area contributed by atoms with Crippen molar-refractivity contribution in [3.05, 3.63) is 41.4 Å². The van der Waals surface area contributed by atoms with E-state index in [4.69, 9.17) is 33.3 Å². The number of thiocarbonyl (C=S) groups is 1. The Morgan fingerprint density at radius 3 is 2.88 bits per heavy atom. The maximum Gasteiger partial charge on any atom is 0.417 e. The van der Waals surface area contributed by atoms with Gasteiger partial charge in [-0.3, -0.25) is 0 Å². The zero-order valence-corrected chi connectivity index (χ0v) is 15.0. The predicted octanol–water partition coefficient (Wildman–Crippen LogP) is 4.35. The summed E-state index contributed by atoms with van der Waals surface area (Å²) in [6, 6.07) is 3.50. The number of anilines is 1. The van der Waals surface area contributed by atoms with E-state index in [1.165, 1.54) is 12.1 Å². The van der Waals surface area contributed by atoms with Gasteiger partial charge < -0.3 is 20.1 Å². The molecule has 1 aromatic carbocycles. The molecule has 1 aliphatic heterocycles. The van der Waals surface area contributed by atoms with E-state index in [1.807, 2.05) is 6.92 Å². The Balaban J connectivity index is 1.88. The van der Waals surface area contributed by atoms with E-state index < -0.39 is 17.5 Å². The molecule has 0 spiro atoms. The number of alkyl halides is 3. The summed E-state index contributed by atoms with van der Waals surface area (Å²) in [5.74, 6) is -0.707. The molecule has 9 heteroatoms. The maximum absolute atomic E-state index is 12.9. The number of nitrogens with one attached hydrogen (secondary N) is 2. The molecular weight excluding hydrogens is 377 g/mol. The van der Waals surface area contributed by atoms with E-state index in [1.54, 1.807) is 6.08 Å². The van der Waals surface area contributed by atoms with Crippen LogP contribution in [0.25, 0.3) is 0 Å². The summed E-state index contributed by atoms with van der Waals surface area (Å²) in [5, 5.41) is 5.41. The highest BCUT2D eigenvalue weighted by Gasteiger charge is 2.36. The van der Waals surface area contributed by atoms with Crippen molar-refractivity contribution in [2.45, 2.75) is 31.4 Å². The topological polar surface area (TPSA) is 42.5 Å². The average Bonchev–Trinajstić information content (AvgIpc) is 2.88. The highest BCUT2D eigenvalue weighted by molar-refractivity contribution is 7.80. The van der Waals surface area contributed by atoms with Gasteiger partial charge in [0.05, 0.1) is 17.2 Å². The van der Waals surface area contributed by atoms with Gasteiger partial charge in [-0.2, -0.15) is 13.2 Å². The quantitative estimate of drug-likeness (QED) is 0.574. The van der Waals surface area contributed by atoms with Crippen LogP contribution in [-0.4, -0.2) is 30.2 Å². The fourth-order valence-corrected chi connectivity index (χ4v) is 2.79. The van der Waals surface area contributed by atoms with Crippen molar-refractivity contribution in [2.24, 2.45) is 0 Å². The van der Waals surface area contributed by atoms with E-state index in [9.17, 15) is 13.2 Å². The molecule has 0 bridgehead atoms. The highest BCUT2D eigenvalue weighted by Crippen LogP contribution is 2.36. The van der Waals surface area contributed by atoms with Gasteiger partial charge in [-0.25, -0.2) is 0 Å². The van der Waals surface area contributed by atoms with Gasteiger partial charge in [0, 0.05) is 18.7 Å². The molecule has 25 heavy (non-hydrogen) atoms. The molecule has 0 amide bonds. The summed E-state index contributed by atoms with van der Waals surface area (Å²) in [6.45, 7) is 6.21. The lowest BCUT2D eigenvalue weighted by atomic mass is 10.2. The molecule has 4 nitrogen and oxygen atoms in total. The van der Waals surface area contributed by atoms with Crippen LogP contribution in [0, 0.1) is 0 Å². The van der Waals surface area contributed by atoms with Crippen molar-refractivity contribution in [1.29, 1.82) is 0 Å². The minimum atomic E-state index is -4.53. The molecule has 1 fully saturated rings. The minimum absolute atomic E-state index is 0.177. The molecular formula is C16H18ClF3N2O2S. The van der Waals surface area contributed by atoms with Gasteiger partial charge in [0.2, 0.25) is 0 Å². The van der Waals surface area contributed by atoms with Crippen LogP contribution in [0.5, 0.6) is 0 Å². The third kappa shape index (κ3) is 5.57. The normalized spacial score (nSPS) is 23.3. The van der Waals surface area contributed by atoms with E-state index in [0.717, 1.165) is 6.07 Å². The molecule has 2 atom stereocenters. The minimum Gasteiger partial charge on any atom is -0.360 e. The summed E-state index contributed by atoms with van der Waals surface area (Å²) in [6.07, 6.45) is -2.49. The molecule has 1 aromatic rings. The fraction of sp³-hybridized carbons (Fsp3) is 0.438. The van der Waals surface area contributed by atoms with Crippen molar-refractivity contribution in [3.63, 3.8) is 0 Å². The molecule has 1 heterocycles. The second kappa shape index (κ2) is 7.90. The number of rotatable bonds is 5. The molecule has 0 saturated carbocycles. The van der Waals surface area contributed by atoms with Crippen molar-refractivity contribution in [2.75, 3.05) is 18.5 Å². The molecule has 2 N–H and O–H groups in total. The van der Waals surface area contributed by atoms with Crippen LogP contribution < -0.4 is 10.6 Å². The SMILES string of the molecule is C=CCC1(C)OCC(CNC(=S)Nc2ccc(Cl)c(C(F)(F)F)c2)O1. The zero-order chi connectivity index (χ0) is 18.7. The van der Waals surface area contributed by atoms with Crippen LogP contribution in [0.3, 0.4) is 0 Å². The van der Waals surface area contributed by atoms with Crippen LogP contribution in [0.1, 0.15) is 18.9 Å². The van der Waals surface area contributed by atoms with Gasteiger partial charge >= 0.3 is 6.18 Å². The summed E-state index contributed by atoms with van der Waals surface area (Å²) < 4.78 is 49.9. The number of hydrogen-bond donors (Lipinski definition) is 2. The van der Waals surface area contributed by atoms with E-state index >= 15 is 0 Å². The number of halogens is 4. The van der Waals surface area contributed by atoms with Crippen molar-refractivity contribution in [1.82, 2.24) is 5.32 Å².